The molecule has 0 saturated heterocycles. The van der Waals surface area contributed by atoms with E-state index in [0.29, 0.717) is 22.3 Å². The summed E-state index contributed by atoms with van der Waals surface area (Å²) in [5.74, 6) is -0.330. The normalized spacial score (nSPS) is 17.7. The maximum absolute atomic E-state index is 14.7. The molecule has 0 spiro atoms. The molecule has 0 heterocycles. The van der Waals surface area contributed by atoms with Gasteiger partial charge >= 0.3 is 12.1 Å². The van der Waals surface area contributed by atoms with E-state index in [-0.39, 0.29) is 11.3 Å². The molecule has 0 aliphatic heterocycles. The van der Waals surface area contributed by atoms with Crippen LogP contribution in [0.3, 0.4) is 0 Å². The van der Waals surface area contributed by atoms with Crippen molar-refractivity contribution in [3.05, 3.63) is 125 Å². The highest BCUT2D eigenvalue weighted by Gasteiger charge is 2.58. The Morgan fingerprint density at radius 1 is 0.756 bits per heavy atom. The minimum absolute atomic E-state index is 0.243. The molecule has 1 atom stereocenters. The highest BCUT2D eigenvalue weighted by Crippen LogP contribution is 2.57. The van der Waals surface area contributed by atoms with Gasteiger partial charge < -0.3 is 4.74 Å². The van der Waals surface area contributed by atoms with Crippen molar-refractivity contribution in [1.29, 1.82) is 0 Å². The summed E-state index contributed by atoms with van der Waals surface area (Å²) in [5, 5.41) is 0. The molecular weight excluding hydrogens is 521 g/mol. The average molecular weight is 551 g/mol. The summed E-state index contributed by atoms with van der Waals surface area (Å²) < 4.78 is 49.5. The van der Waals surface area contributed by atoms with E-state index in [1.54, 1.807) is 18.2 Å². The quantitative estimate of drug-likeness (QED) is 0.144. The number of benzene rings is 4. The summed E-state index contributed by atoms with van der Waals surface area (Å²) in [6, 6.07) is 22.7. The van der Waals surface area contributed by atoms with Gasteiger partial charge in [0.05, 0.1) is 0 Å². The van der Waals surface area contributed by atoms with Crippen LogP contribution in [0.25, 0.3) is 39.1 Å². The molecule has 4 aromatic carbocycles. The maximum Gasteiger partial charge on any atom is 0.402 e. The number of rotatable bonds is 4. The van der Waals surface area contributed by atoms with Gasteiger partial charge in [0.1, 0.15) is 11.2 Å². The molecule has 0 fully saturated rings. The Kier molecular flexibility index (Phi) is 5.76. The first-order chi connectivity index (χ1) is 19.3. The summed E-state index contributed by atoms with van der Waals surface area (Å²) in [7, 11) is 0. The van der Waals surface area contributed by atoms with Crippen molar-refractivity contribution in [2.45, 2.75) is 44.7 Å². The van der Waals surface area contributed by atoms with Gasteiger partial charge in [-0.1, -0.05) is 87.2 Å². The molecule has 6 rings (SSSR count). The van der Waals surface area contributed by atoms with Crippen molar-refractivity contribution in [3.8, 4) is 33.4 Å². The van der Waals surface area contributed by atoms with Gasteiger partial charge in [-0.2, -0.15) is 13.2 Å². The topological polar surface area (TPSA) is 26.3 Å². The summed E-state index contributed by atoms with van der Waals surface area (Å²) in [5.41, 5.74) is 6.71. The van der Waals surface area contributed by atoms with Gasteiger partial charge in [0.2, 0.25) is 0 Å². The summed E-state index contributed by atoms with van der Waals surface area (Å²) in [4.78, 5) is 11.7. The first-order valence-corrected chi connectivity index (χ1v) is 13.4. The molecule has 1 unspecified atom stereocenters. The monoisotopic (exact) mass is 550 g/mol. The van der Waals surface area contributed by atoms with E-state index in [1.807, 2.05) is 55.5 Å². The van der Waals surface area contributed by atoms with Gasteiger partial charge in [0, 0.05) is 17.1 Å². The van der Waals surface area contributed by atoms with Crippen LogP contribution >= 0.6 is 0 Å². The van der Waals surface area contributed by atoms with Crippen molar-refractivity contribution < 1.29 is 22.7 Å². The largest absolute Gasteiger partial charge is 0.423 e. The van der Waals surface area contributed by atoms with Gasteiger partial charge in [-0.05, 0) is 87.7 Å². The van der Waals surface area contributed by atoms with Crippen molar-refractivity contribution in [3.63, 3.8) is 0 Å². The van der Waals surface area contributed by atoms with E-state index < -0.39 is 23.0 Å². The number of carbonyl (C=O) groups is 1. The lowest BCUT2D eigenvalue weighted by molar-refractivity contribution is -0.172. The number of hydrogen-bond donors (Lipinski definition) is 0. The second-order valence-corrected chi connectivity index (χ2v) is 11.6. The molecule has 206 valence electrons. The molecule has 2 aliphatic rings. The Bertz CT molecular complexity index is 1810. The van der Waals surface area contributed by atoms with Crippen LogP contribution in [0.4, 0.5) is 13.2 Å². The molecule has 0 N–H and O–H groups in total. The van der Waals surface area contributed by atoms with Crippen LogP contribution in [0.15, 0.2) is 92.0 Å². The first-order valence-electron chi connectivity index (χ1n) is 13.4. The first kappa shape index (κ1) is 26.8. The van der Waals surface area contributed by atoms with Crippen molar-refractivity contribution in [2.24, 2.45) is 0 Å². The Morgan fingerprint density at radius 3 is 1.83 bits per heavy atom. The molecule has 5 heteroatoms. The second-order valence-electron chi connectivity index (χ2n) is 11.6. The lowest BCUT2D eigenvalue weighted by Gasteiger charge is -2.30. The van der Waals surface area contributed by atoms with Crippen LogP contribution in [-0.4, -0.2) is 12.1 Å². The molecule has 0 radical (unpaired) electrons. The van der Waals surface area contributed by atoms with Crippen LogP contribution in [0, 0.1) is 6.92 Å². The fourth-order valence-electron chi connectivity index (χ4n) is 6.44. The van der Waals surface area contributed by atoms with Gasteiger partial charge in [-0.25, -0.2) is 4.79 Å². The van der Waals surface area contributed by atoms with Crippen LogP contribution in [0.1, 0.15) is 54.2 Å². The maximum atomic E-state index is 14.7. The van der Waals surface area contributed by atoms with Gasteiger partial charge in [0.15, 0.2) is 0 Å². The number of ether oxygens (including phenoxy) is 1. The summed E-state index contributed by atoms with van der Waals surface area (Å²) >= 11 is 0. The smallest absolute Gasteiger partial charge is 0.402 e. The minimum atomic E-state index is -4.46. The van der Waals surface area contributed by atoms with E-state index in [2.05, 4.69) is 33.1 Å². The molecular formula is C36H29F3O2. The molecule has 4 aromatic rings. The lowest BCUT2D eigenvalue weighted by atomic mass is 9.78. The molecule has 0 amide bonds. The van der Waals surface area contributed by atoms with E-state index in [9.17, 15) is 18.0 Å². The number of halogens is 3. The second kappa shape index (κ2) is 8.81. The summed E-state index contributed by atoms with van der Waals surface area (Å²) in [6.07, 6.45) is -3.36. The summed E-state index contributed by atoms with van der Waals surface area (Å²) in [6.45, 7) is 14.7. The van der Waals surface area contributed by atoms with Crippen LogP contribution in [-0.2, 0) is 20.4 Å². The third-order valence-corrected chi connectivity index (χ3v) is 8.85. The SMILES string of the molecule is C=CC(=O)OC(=C)c1ccc2c(c1)C(C)(C)c1cc(-c3ccc4c(c3)C(C)(C(F)(F)F)c3cc(C)ccc3-4)ccc1-2. The zero-order chi connectivity index (χ0) is 29.5. The highest BCUT2D eigenvalue weighted by atomic mass is 19.4. The number of esters is 1. The van der Waals surface area contributed by atoms with Crippen LogP contribution in [0.5, 0.6) is 0 Å². The fourth-order valence-corrected chi connectivity index (χ4v) is 6.44. The Balaban J connectivity index is 1.43. The Morgan fingerprint density at radius 2 is 1.24 bits per heavy atom. The third kappa shape index (κ3) is 3.82. The number of fused-ring (bicyclic) bond motifs is 6. The van der Waals surface area contributed by atoms with Crippen LogP contribution < -0.4 is 0 Å². The van der Waals surface area contributed by atoms with E-state index in [4.69, 9.17) is 4.74 Å². The Labute approximate surface area is 237 Å². The molecule has 2 aliphatic carbocycles. The number of alkyl halides is 3. The van der Waals surface area contributed by atoms with Crippen molar-refractivity contribution in [1.82, 2.24) is 0 Å². The van der Waals surface area contributed by atoms with E-state index in [0.717, 1.165) is 45.0 Å². The van der Waals surface area contributed by atoms with Crippen molar-refractivity contribution in [2.75, 3.05) is 0 Å². The number of hydrogen-bond acceptors (Lipinski definition) is 2. The Hall–Kier alpha value is -4.38. The zero-order valence-electron chi connectivity index (χ0n) is 23.4. The van der Waals surface area contributed by atoms with Crippen LogP contribution in [0.2, 0.25) is 0 Å². The van der Waals surface area contributed by atoms with Gasteiger partial charge in [0.25, 0.3) is 0 Å². The molecule has 0 saturated carbocycles. The zero-order valence-corrected chi connectivity index (χ0v) is 23.4. The predicted molar refractivity (Wildman–Crippen MR) is 157 cm³/mol. The number of aryl methyl sites for hydroxylation is 1. The molecule has 2 nitrogen and oxygen atoms in total. The predicted octanol–water partition coefficient (Wildman–Crippen LogP) is 9.52. The number of carbonyl (C=O) groups excluding carboxylic acids is 1. The average Bonchev–Trinajstić information content (AvgIpc) is 3.32. The fraction of sp³-hybridized carbons (Fsp3) is 0.194. The molecule has 0 bridgehead atoms. The third-order valence-electron chi connectivity index (χ3n) is 8.85. The van der Waals surface area contributed by atoms with Gasteiger partial charge in [-0.15, -0.1) is 0 Å². The molecule has 41 heavy (non-hydrogen) atoms. The molecule has 0 aromatic heterocycles. The van der Waals surface area contributed by atoms with E-state index >= 15 is 0 Å². The highest BCUT2D eigenvalue weighted by molar-refractivity contribution is 5.89. The minimum Gasteiger partial charge on any atom is -0.423 e. The van der Waals surface area contributed by atoms with Crippen molar-refractivity contribution >= 4 is 11.7 Å². The van der Waals surface area contributed by atoms with E-state index in [1.165, 1.54) is 6.92 Å². The standard InChI is InChI=1S/C36H29F3O2/c1-7-33(40)41-21(3)22-9-13-25-26-14-10-23(18-30(26)34(4,5)29(25)17-22)24-11-15-28-27-12-8-20(2)16-31(27)35(6,32(28)19-24)36(37,38)39/h7-19H,1,3H2,2,4-6H3. The lowest BCUT2D eigenvalue weighted by Crippen LogP contribution is -2.38. The van der Waals surface area contributed by atoms with Gasteiger partial charge in [-0.3, -0.25) is 0 Å².